The summed E-state index contributed by atoms with van der Waals surface area (Å²) in [5.74, 6) is 0.681. The maximum atomic E-state index is 13.2. The zero-order chi connectivity index (χ0) is 20.7. The molecule has 1 fully saturated rings. The maximum absolute atomic E-state index is 13.2. The number of halogens is 1. The van der Waals surface area contributed by atoms with Crippen molar-refractivity contribution in [3.8, 4) is 0 Å². The van der Waals surface area contributed by atoms with Gasteiger partial charge in [0.15, 0.2) is 0 Å². The number of benzene rings is 1. The van der Waals surface area contributed by atoms with Gasteiger partial charge in [-0.3, -0.25) is 14.3 Å². The number of likely N-dealkylation sites (N-methyl/N-ethyl adjacent to an activating group) is 1. The SMILES string of the molecule is Cc1nn(Cc2ccc(F)cc2)c2sc(C(=O)N3CSCC3C(=O)N(C)C)cc12. The fraction of sp³-hybridized carbons (Fsp3) is 0.350. The molecule has 0 aliphatic carbocycles. The normalized spacial score (nSPS) is 16.6. The molecule has 152 valence electrons. The molecule has 1 saturated heterocycles. The molecule has 3 aromatic rings. The minimum atomic E-state index is -0.426. The summed E-state index contributed by atoms with van der Waals surface area (Å²) in [4.78, 5) is 30.3. The van der Waals surface area contributed by atoms with Crippen LogP contribution in [0.1, 0.15) is 20.9 Å². The predicted molar refractivity (Wildman–Crippen MR) is 114 cm³/mol. The molecule has 1 unspecified atom stereocenters. The standard InChI is InChI=1S/C20H21FN4O2S2/c1-12-15-8-17(19(27)24-11-28-10-16(24)18(26)23(2)3)29-20(15)25(22-12)9-13-4-6-14(21)7-5-13/h4-8,16H,9-11H2,1-3H3. The van der Waals surface area contributed by atoms with Gasteiger partial charge in [0.2, 0.25) is 5.91 Å². The van der Waals surface area contributed by atoms with E-state index in [1.807, 2.05) is 17.7 Å². The van der Waals surface area contributed by atoms with Gasteiger partial charge in [0.25, 0.3) is 5.91 Å². The van der Waals surface area contributed by atoms with E-state index in [1.54, 1.807) is 42.9 Å². The van der Waals surface area contributed by atoms with Crippen molar-refractivity contribution < 1.29 is 14.0 Å². The second kappa shape index (κ2) is 7.79. The van der Waals surface area contributed by atoms with Crippen molar-refractivity contribution >= 4 is 45.1 Å². The number of hydrogen-bond donors (Lipinski definition) is 0. The summed E-state index contributed by atoms with van der Waals surface area (Å²) in [6, 6.07) is 7.77. The number of nitrogens with zero attached hydrogens (tertiary/aromatic N) is 4. The van der Waals surface area contributed by atoms with Crippen molar-refractivity contribution in [1.82, 2.24) is 19.6 Å². The molecule has 2 aromatic heterocycles. The van der Waals surface area contributed by atoms with E-state index in [4.69, 9.17) is 0 Å². The molecule has 0 N–H and O–H groups in total. The molecular formula is C20H21FN4O2S2. The fourth-order valence-electron chi connectivity index (χ4n) is 3.37. The van der Waals surface area contributed by atoms with Crippen LogP contribution in [-0.2, 0) is 11.3 Å². The summed E-state index contributed by atoms with van der Waals surface area (Å²) >= 11 is 2.98. The Morgan fingerprint density at radius 3 is 2.69 bits per heavy atom. The monoisotopic (exact) mass is 432 g/mol. The summed E-state index contributed by atoms with van der Waals surface area (Å²) < 4.78 is 15.0. The van der Waals surface area contributed by atoms with Gasteiger partial charge < -0.3 is 9.80 Å². The number of aryl methyl sites for hydroxylation is 1. The number of carbonyl (C=O) groups excluding carboxylic acids is 2. The van der Waals surface area contributed by atoms with Crippen LogP contribution in [0.25, 0.3) is 10.2 Å². The first-order valence-corrected chi connectivity index (χ1v) is 11.1. The molecule has 1 aliphatic heterocycles. The Bertz CT molecular complexity index is 1070. The first kappa shape index (κ1) is 19.9. The largest absolute Gasteiger partial charge is 0.347 e. The average molecular weight is 433 g/mol. The predicted octanol–water partition coefficient (Wildman–Crippen LogP) is 3.20. The molecule has 0 spiro atoms. The molecule has 3 heterocycles. The van der Waals surface area contributed by atoms with Crippen LogP contribution in [0.4, 0.5) is 4.39 Å². The van der Waals surface area contributed by atoms with Crippen molar-refractivity contribution in [2.45, 2.75) is 19.5 Å². The second-order valence-corrected chi connectivity index (χ2v) is 9.25. The molecule has 0 bridgehead atoms. The molecular weight excluding hydrogens is 411 g/mol. The number of amides is 2. The van der Waals surface area contributed by atoms with E-state index in [0.717, 1.165) is 21.5 Å². The Morgan fingerprint density at radius 2 is 2.00 bits per heavy atom. The molecule has 9 heteroatoms. The molecule has 2 amide bonds. The minimum Gasteiger partial charge on any atom is -0.347 e. The molecule has 0 saturated carbocycles. The number of rotatable bonds is 4. The van der Waals surface area contributed by atoms with Crippen molar-refractivity contribution in [1.29, 1.82) is 0 Å². The molecule has 0 radical (unpaired) electrons. The topological polar surface area (TPSA) is 58.4 Å². The highest BCUT2D eigenvalue weighted by molar-refractivity contribution is 7.99. The van der Waals surface area contributed by atoms with Gasteiger partial charge in [0, 0.05) is 25.2 Å². The number of carbonyl (C=O) groups is 2. The van der Waals surface area contributed by atoms with Gasteiger partial charge in [0.05, 0.1) is 23.0 Å². The van der Waals surface area contributed by atoms with Gasteiger partial charge in [0.1, 0.15) is 16.7 Å². The minimum absolute atomic E-state index is 0.0527. The lowest BCUT2D eigenvalue weighted by Gasteiger charge is -2.24. The molecule has 1 aromatic carbocycles. The second-order valence-electron chi connectivity index (χ2n) is 7.22. The number of thioether (sulfide) groups is 1. The van der Waals surface area contributed by atoms with Crippen molar-refractivity contribution in [3.05, 3.63) is 52.3 Å². The highest BCUT2D eigenvalue weighted by atomic mass is 32.2. The van der Waals surface area contributed by atoms with Crippen LogP contribution in [0.2, 0.25) is 0 Å². The maximum Gasteiger partial charge on any atom is 0.265 e. The highest BCUT2D eigenvalue weighted by Gasteiger charge is 2.36. The van der Waals surface area contributed by atoms with E-state index < -0.39 is 6.04 Å². The third-order valence-electron chi connectivity index (χ3n) is 4.93. The van der Waals surface area contributed by atoms with Crippen molar-refractivity contribution in [2.75, 3.05) is 25.7 Å². The van der Waals surface area contributed by atoms with Crippen LogP contribution in [0, 0.1) is 12.7 Å². The Hall–Kier alpha value is -2.39. The zero-order valence-electron chi connectivity index (χ0n) is 16.4. The number of thiophene rings is 1. The zero-order valence-corrected chi connectivity index (χ0v) is 18.0. The van der Waals surface area contributed by atoms with E-state index in [0.29, 0.717) is 23.1 Å². The molecule has 1 atom stereocenters. The van der Waals surface area contributed by atoms with Crippen molar-refractivity contribution in [3.63, 3.8) is 0 Å². The third kappa shape index (κ3) is 3.76. The smallest absolute Gasteiger partial charge is 0.265 e. The van der Waals surface area contributed by atoms with Crippen LogP contribution in [-0.4, -0.2) is 63.2 Å². The molecule has 6 nitrogen and oxygen atoms in total. The van der Waals surface area contributed by atoms with Gasteiger partial charge in [-0.05, 0) is 30.7 Å². The van der Waals surface area contributed by atoms with Crippen LogP contribution in [0.15, 0.2) is 30.3 Å². The van der Waals surface area contributed by atoms with Gasteiger partial charge >= 0.3 is 0 Å². The lowest BCUT2D eigenvalue weighted by Crippen LogP contribution is -2.46. The number of aromatic nitrogens is 2. The highest BCUT2D eigenvalue weighted by Crippen LogP contribution is 2.32. The van der Waals surface area contributed by atoms with E-state index in [2.05, 4.69) is 5.10 Å². The summed E-state index contributed by atoms with van der Waals surface area (Å²) in [7, 11) is 3.42. The summed E-state index contributed by atoms with van der Waals surface area (Å²) in [6.07, 6.45) is 0. The summed E-state index contributed by atoms with van der Waals surface area (Å²) in [5.41, 5.74) is 1.78. The Labute approximate surface area is 176 Å². The number of hydrogen-bond acceptors (Lipinski definition) is 5. The molecule has 4 rings (SSSR count). The van der Waals surface area contributed by atoms with Gasteiger partial charge in [-0.1, -0.05) is 12.1 Å². The van der Waals surface area contributed by atoms with Gasteiger partial charge in [-0.25, -0.2) is 4.39 Å². The van der Waals surface area contributed by atoms with Crippen molar-refractivity contribution in [2.24, 2.45) is 0 Å². The van der Waals surface area contributed by atoms with E-state index in [1.165, 1.54) is 28.4 Å². The fourth-order valence-corrected chi connectivity index (χ4v) is 5.64. The lowest BCUT2D eigenvalue weighted by atomic mass is 10.2. The lowest BCUT2D eigenvalue weighted by molar-refractivity contribution is -0.132. The quantitative estimate of drug-likeness (QED) is 0.635. The van der Waals surface area contributed by atoms with E-state index in [-0.39, 0.29) is 17.6 Å². The first-order chi connectivity index (χ1) is 13.8. The van der Waals surface area contributed by atoms with Gasteiger partial charge in [-0.2, -0.15) is 5.10 Å². The molecule has 1 aliphatic rings. The first-order valence-electron chi connectivity index (χ1n) is 9.16. The van der Waals surface area contributed by atoms with Gasteiger partial charge in [-0.15, -0.1) is 23.1 Å². The van der Waals surface area contributed by atoms with Crippen LogP contribution in [0.3, 0.4) is 0 Å². The van der Waals surface area contributed by atoms with E-state index >= 15 is 0 Å². The summed E-state index contributed by atoms with van der Waals surface area (Å²) in [6.45, 7) is 2.41. The van der Waals surface area contributed by atoms with Crippen LogP contribution in [0.5, 0.6) is 0 Å². The third-order valence-corrected chi connectivity index (χ3v) is 7.08. The van der Waals surface area contributed by atoms with Crippen LogP contribution < -0.4 is 0 Å². The Balaban J connectivity index is 1.63. The number of fused-ring (bicyclic) bond motifs is 1. The molecule has 29 heavy (non-hydrogen) atoms. The Kier molecular flexibility index (Phi) is 5.35. The Morgan fingerprint density at radius 1 is 1.28 bits per heavy atom. The summed E-state index contributed by atoms with van der Waals surface area (Å²) in [5, 5.41) is 5.51. The van der Waals surface area contributed by atoms with Crippen LogP contribution >= 0.6 is 23.1 Å². The average Bonchev–Trinajstić information content (AvgIpc) is 3.40. The van der Waals surface area contributed by atoms with E-state index in [9.17, 15) is 14.0 Å².